The zero-order valence-electron chi connectivity index (χ0n) is 10.7. The molecule has 0 aromatic heterocycles. The number of rotatable bonds is 4. The monoisotopic (exact) mass is 280 g/mol. The van der Waals surface area contributed by atoms with Crippen LogP contribution in [0.1, 0.15) is 18.1 Å². The molecule has 2 rings (SSSR count). The number of hydrogen-bond acceptors (Lipinski definition) is 6. The van der Waals surface area contributed by atoms with E-state index in [-0.39, 0.29) is 12.5 Å². The highest BCUT2D eigenvalue weighted by atomic mass is 16.6. The van der Waals surface area contributed by atoms with E-state index in [2.05, 4.69) is 0 Å². The van der Waals surface area contributed by atoms with E-state index in [1.165, 1.54) is 19.1 Å². The standard InChI is InChI=1S/C12H12N2O6/c1-7(15)20-6-8-2-9-4-11(13(16)17)12(14(18)19)5-10(9)3-8/h4-5,8H,2-3,6H2,1H3. The lowest BCUT2D eigenvalue weighted by molar-refractivity contribution is -0.422. The third kappa shape index (κ3) is 2.73. The highest BCUT2D eigenvalue weighted by molar-refractivity contribution is 5.66. The molecule has 0 unspecified atom stereocenters. The van der Waals surface area contributed by atoms with Gasteiger partial charge in [-0.25, -0.2) is 0 Å². The Labute approximate surface area is 113 Å². The maximum Gasteiger partial charge on any atom is 0.346 e. The Bertz CT molecular complexity index is 555. The third-order valence-electron chi connectivity index (χ3n) is 3.23. The summed E-state index contributed by atoms with van der Waals surface area (Å²) in [5.41, 5.74) is 0.419. The number of nitrogens with zero attached hydrogens (tertiary/aromatic N) is 2. The van der Waals surface area contributed by atoms with Crippen LogP contribution in [-0.2, 0) is 22.4 Å². The van der Waals surface area contributed by atoms with E-state index < -0.39 is 27.2 Å². The first kappa shape index (κ1) is 13.9. The van der Waals surface area contributed by atoms with E-state index in [0.29, 0.717) is 24.0 Å². The fourth-order valence-corrected chi connectivity index (χ4v) is 2.38. The average Bonchev–Trinajstić information content (AvgIpc) is 2.76. The number of nitro groups is 2. The van der Waals surface area contributed by atoms with E-state index in [4.69, 9.17) is 4.74 Å². The van der Waals surface area contributed by atoms with Crippen LogP contribution >= 0.6 is 0 Å². The molecule has 0 spiro atoms. The number of fused-ring (bicyclic) bond motifs is 1. The van der Waals surface area contributed by atoms with E-state index in [0.717, 1.165) is 0 Å². The summed E-state index contributed by atoms with van der Waals surface area (Å²) in [6, 6.07) is 2.50. The Morgan fingerprint density at radius 1 is 1.20 bits per heavy atom. The largest absolute Gasteiger partial charge is 0.466 e. The minimum Gasteiger partial charge on any atom is -0.466 e. The minimum atomic E-state index is -0.752. The maximum absolute atomic E-state index is 10.9. The van der Waals surface area contributed by atoms with Crippen molar-refractivity contribution in [1.82, 2.24) is 0 Å². The number of hydrogen-bond donors (Lipinski definition) is 0. The molecule has 0 radical (unpaired) electrons. The van der Waals surface area contributed by atoms with Crippen molar-refractivity contribution in [3.63, 3.8) is 0 Å². The zero-order chi connectivity index (χ0) is 14.9. The van der Waals surface area contributed by atoms with Gasteiger partial charge < -0.3 is 4.74 Å². The Morgan fingerprint density at radius 2 is 1.65 bits per heavy atom. The fourth-order valence-electron chi connectivity index (χ4n) is 2.38. The molecule has 20 heavy (non-hydrogen) atoms. The maximum atomic E-state index is 10.9. The van der Waals surface area contributed by atoms with E-state index in [9.17, 15) is 25.0 Å². The van der Waals surface area contributed by atoms with Crippen molar-refractivity contribution < 1.29 is 19.4 Å². The summed E-state index contributed by atoms with van der Waals surface area (Å²) in [7, 11) is 0. The fraction of sp³-hybridized carbons (Fsp3) is 0.417. The molecule has 0 fully saturated rings. The van der Waals surface area contributed by atoms with Gasteiger partial charge in [-0.2, -0.15) is 0 Å². The molecule has 0 heterocycles. The Hall–Kier alpha value is -2.51. The molecule has 1 aliphatic rings. The number of benzene rings is 1. The van der Waals surface area contributed by atoms with Gasteiger partial charge in [0.2, 0.25) is 0 Å². The molecule has 8 heteroatoms. The highest BCUT2D eigenvalue weighted by Gasteiger charge is 2.31. The predicted octanol–water partition coefficient (Wildman–Crippen LogP) is 1.78. The zero-order valence-corrected chi connectivity index (χ0v) is 10.7. The lowest BCUT2D eigenvalue weighted by Crippen LogP contribution is -2.12. The van der Waals surface area contributed by atoms with Crippen LogP contribution in [0, 0.1) is 26.1 Å². The summed E-state index contributed by atoms with van der Waals surface area (Å²) in [6.45, 7) is 1.52. The van der Waals surface area contributed by atoms with Gasteiger partial charge in [-0.1, -0.05) is 0 Å². The van der Waals surface area contributed by atoms with Crippen LogP contribution in [0.3, 0.4) is 0 Å². The summed E-state index contributed by atoms with van der Waals surface area (Å²) in [5, 5.41) is 21.7. The topological polar surface area (TPSA) is 113 Å². The predicted molar refractivity (Wildman–Crippen MR) is 67.3 cm³/mol. The van der Waals surface area contributed by atoms with Gasteiger partial charge in [-0.3, -0.25) is 25.0 Å². The highest BCUT2D eigenvalue weighted by Crippen LogP contribution is 2.36. The second-order valence-electron chi connectivity index (χ2n) is 4.70. The smallest absolute Gasteiger partial charge is 0.346 e. The molecule has 106 valence electrons. The molecule has 0 atom stereocenters. The van der Waals surface area contributed by atoms with Crippen LogP contribution in [0.25, 0.3) is 0 Å². The van der Waals surface area contributed by atoms with Crippen molar-refractivity contribution in [2.75, 3.05) is 6.61 Å². The second kappa shape index (κ2) is 5.24. The number of carbonyl (C=O) groups is 1. The SMILES string of the molecule is CC(=O)OCC1Cc2cc([N+](=O)[O-])c([N+](=O)[O-])cc2C1. The molecule has 1 aliphatic carbocycles. The van der Waals surface area contributed by atoms with E-state index in [1.54, 1.807) is 0 Å². The third-order valence-corrected chi connectivity index (χ3v) is 3.23. The molecule has 0 aliphatic heterocycles. The van der Waals surface area contributed by atoms with Gasteiger partial charge in [0.05, 0.1) is 16.5 Å². The van der Waals surface area contributed by atoms with Gasteiger partial charge in [-0.05, 0) is 24.0 Å². The average molecular weight is 280 g/mol. The Kier molecular flexibility index (Phi) is 3.64. The van der Waals surface area contributed by atoms with Crippen LogP contribution in [0.5, 0.6) is 0 Å². The second-order valence-corrected chi connectivity index (χ2v) is 4.70. The normalized spacial score (nSPS) is 13.8. The van der Waals surface area contributed by atoms with Gasteiger partial charge in [0, 0.05) is 25.0 Å². The molecular formula is C12H12N2O6. The summed E-state index contributed by atoms with van der Waals surface area (Å²) >= 11 is 0. The number of carbonyl (C=O) groups excluding carboxylic acids is 1. The first-order valence-electron chi connectivity index (χ1n) is 5.96. The summed E-state index contributed by atoms with van der Waals surface area (Å²) in [6.07, 6.45) is 1.03. The van der Waals surface area contributed by atoms with Gasteiger partial charge >= 0.3 is 17.3 Å². The quantitative estimate of drug-likeness (QED) is 0.472. The molecule has 0 saturated carbocycles. The van der Waals surface area contributed by atoms with Gasteiger partial charge in [-0.15, -0.1) is 0 Å². The molecule has 0 saturated heterocycles. The van der Waals surface area contributed by atoms with Crippen LogP contribution in [0.15, 0.2) is 12.1 Å². The van der Waals surface area contributed by atoms with E-state index >= 15 is 0 Å². The lowest BCUT2D eigenvalue weighted by Gasteiger charge is -2.07. The van der Waals surface area contributed by atoms with E-state index in [1.807, 2.05) is 0 Å². The summed E-state index contributed by atoms with van der Waals surface area (Å²) in [5.74, 6) is -0.381. The van der Waals surface area contributed by atoms with Gasteiger partial charge in [0.15, 0.2) is 0 Å². The van der Waals surface area contributed by atoms with Crippen LogP contribution < -0.4 is 0 Å². The van der Waals surface area contributed by atoms with Crippen molar-refractivity contribution in [3.05, 3.63) is 43.5 Å². The molecule has 1 aromatic carbocycles. The molecule has 0 bridgehead atoms. The molecular weight excluding hydrogens is 268 g/mol. The van der Waals surface area contributed by atoms with Crippen molar-refractivity contribution in [3.8, 4) is 0 Å². The Balaban J connectivity index is 2.26. The molecule has 8 nitrogen and oxygen atoms in total. The minimum absolute atomic E-state index is 0.00973. The van der Waals surface area contributed by atoms with Crippen molar-refractivity contribution in [2.45, 2.75) is 19.8 Å². The van der Waals surface area contributed by atoms with Crippen molar-refractivity contribution in [2.24, 2.45) is 5.92 Å². The van der Waals surface area contributed by atoms with Crippen LogP contribution in [0.4, 0.5) is 11.4 Å². The first-order valence-corrected chi connectivity index (χ1v) is 5.96. The Morgan fingerprint density at radius 3 is 2.00 bits per heavy atom. The number of ether oxygens (including phenoxy) is 1. The molecule has 0 amide bonds. The summed E-state index contributed by atoms with van der Waals surface area (Å²) < 4.78 is 4.91. The number of nitro benzene ring substituents is 2. The molecule has 1 aromatic rings. The van der Waals surface area contributed by atoms with Gasteiger partial charge in [0.1, 0.15) is 0 Å². The molecule has 0 N–H and O–H groups in total. The first-order chi connectivity index (χ1) is 9.38. The van der Waals surface area contributed by atoms with Crippen molar-refractivity contribution >= 4 is 17.3 Å². The number of esters is 1. The summed E-state index contributed by atoms with van der Waals surface area (Å²) in [4.78, 5) is 31.0. The van der Waals surface area contributed by atoms with Crippen LogP contribution in [0.2, 0.25) is 0 Å². The van der Waals surface area contributed by atoms with Crippen LogP contribution in [-0.4, -0.2) is 22.4 Å². The van der Waals surface area contributed by atoms with Crippen molar-refractivity contribution in [1.29, 1.82) is 0 Å². The lowest BCUT2D eigenvalue weighted by atomic mass is 10.1. The van der Waals surface area contributed by atoms with Gasteiger partial charge in [0.25, 0.3) is 0 Å².